The minimum absolute atomic E-state index is 0.209. The number of H-pyrrole nitrogens is 1. The molecule has 0 aromatic carbocycles. The second kappa shape index (κ2) is 3.02. The molecule has 7 heteroatoms. The van der Waals surface area contributed by atoms with Crippen molar-refractivity contribution in [1.29, 1.82) is 0 Å². The molecule has 0 amide bonds. The number of hydrogen-bond donors (Lipinski definition) is 2. The van der Waals surface area contributed by atoms with Crippen LogP contribution in [0.4, 0.5) is 5.95 Å². The van der Waals surface area contributed by atoms with Crippen LogP contribution in [-0.2, 0) is 7.05 Å². The van der Waals surface area contributed by atoms with Crippen LogP contribution in [-0.4, -0.2) is 29.7 Å². The minimum atomic E-state index is 0.209. The number of nitrogens with one attached hydrogen (secondary N) is 1. The van der Waals surface area contributed by atoms with Gasteiger partial charge in [0.25, 0.3) is 0 Å². The summed E-state index contributed by atoms with van der Waals surface area (Å²) < 4.78 is 1.91. The summed E-state index contributed by atoms with van der Waals surface area (Å²) in [6.45, 7) is 0. The molecule has 0 radical (unpaired) electrons. The molecule has 3 heterocycles. The van der Waals surface area contributed by atoms with Crippen LogP contribution in [0.25, 0.3) is 22.7 Å². The molecular formula is C9H9N7. The van der Waals surface area contributed by atoms with Crippen molar-refractivity contribution in [2.75, 3.05) is 5.73 Å². The van der Waals surface area contributed by atoms with Gasteiger partial charge in [0.1, 0.15) is 5.52 Å². The molecule has 7 nitrogen and oxygen atoms in total. The van der Waals surface area contributed by atoms with Gasteiger partial charge < -0.3 is 10.3 Å². The Labute approximate surface area is 90.4 Å². The average Bonchev–Trinajstić information content (AvgIpc) is 2.84. The fourth-order valence-corrected chi connectivity index (χ4v) is 1.64. The van der Waals surface area contributed by atoms with Crippen LogP contribution in [0.1, 0.15) is 0 Å². The first-order chi connectivity index (χ1) is 7.75. The molecule has 0 spiro atoms. The van der Waals surface area contributed by atoms with Gasteiger partial charge in [-0.15, -0.1) is 5.10 Å². The van der Waals surface area contributed by atoms with E-state index in [0.717, 1.165) is 11.0 Å². The van der Waals surface area contributed by atoms with Crippen LogP contribution in [0.3, 0.4) is 0 Å². The number of anilines is 1. The van der Waals surface area contributed by atoms with E-state index in [0.29, 0.717) is 11.6 Å². The van der Waals surface area contributed by atoms with Gasteiger partial charge in [-0.3, -0.25) is 10.1 Å². The van der Waals surface area contributed by atoms with Crippen molar-refractivity contribution < 1.29 is 0 Å². The molecule has 0 saturated carbocycles. The van der Waals surface area contributed by atoms with Crippen LogP contribution in [0.5, 0.6) is 0 Å². The molecule has 0 saturated heterocycles. The SMILES string of the molecule is Cn1c(-c2nc(N)n[nH]2)nc2cnccc21. The molecule has 16 heavy (non-hydrogen) atoms. The Balaban J connectivity index is 2.28. The summed E-state index contributed by atoms with van der Waals surface area (Å²) in [6.07, 6.45) is 3.43. The number of nitrogens with zero attached hydrogens (tertiary/aromatic N) is 5. The van der Waals surface area contributed by atoms with E-state index in [1.165, 1.54) is 0 Å². The molecule has 3 rings (SSSR count). The van der Waals surface area contributed by atoms with Gasteiger partial charge in [0.15, 0.2) is 11.6 Å². The van der Waals surface area contributed by atoms with E-state index in [-0.39, 0.29) is 5.95 Å². The number of aromatic nitrogens is 6. The predicted molar refractivity (Wildman–Crippen MR) is 58.3 cm³/mol. The van der Waals surface area contributed by atoms with Crippen LogP contribution in [0.2, 0.25) is 0 Å². The highest BCUT2D eigenvalue weighted by molar-refractivity contribution is 5.78. The summed E-state index contributed by atoms with van der Waals surface area (Å²) in [5.74, 6) is 1.45. The van der Waals surface area contributed by atoms with Crippen LogP contribution < -0.4 is 5.73 Å². The highest BCUT2D eigenvalue weighted by atomic mass is 15.3. The molecule has 0 aliphatic rings. The highest BCUT2D eigenvalue weighted by Crippen LogP contribution is 2.19. The Hall–Kier alpha value is -2.44. The topological polar surface area (TPSA) is 98.3 Å². The zero-order valence-corrected chi connectivity index (χ0v) is 8.55. The van der Waals surface area contributed by atoms with E-state index in [4.69, 9.17) is 5.73 Å². The molecule has 0 atom stereocenters. The Bertz CT molecular complexity index is 651. The number of aromatic amines is 1. The van der Waals surface area contributed by atoms with Crippen LogP contribution in [0, 0.1) is 0 Å². The Morgan fingerprint density at radius 3 is 2.94 bits per heavy atom. The second-order valence-corrected chi connectivity index (χ2v) is 3.40. The van der Waals surface area contributed by atoms with Crippen molar-refractivity contribution in [3.63, 3.8) is 0 Å². The third kappa shape index (κ3) is 1.14. The van der Waals surface area contributed by atoms with Crippen LogP contribution in [0.15, 0.2) is 18.5 Å². The third-order valence-electron chi connectivity index (χ3n) is 2.40. The number of fused-ring (bicyclic) bond motifs is 1. The lowest BCUT2D eigenvalue weighted by Crippen LogP contribution is -1.94. The number of nitrogen functional groups attached to an aromatic ring is 1. The number of imidazole rings is 1. The predicted octanol–water partition coefficient (Wildman–Crippen LogP) is 0.336. The Morgan fingerprint density at radius 1 is 1.38 bits per heavy atom. The van der Waals surface area contributed by atoms with Crippen molar-refractivity contribution in [3.8, 4) is 11.6 Å². The van der Waals surface area contributed by atoms with Crippen molar-refractivity contribution in [1.82, 2.24) is 29.7 Å². The quantitative estimate of drug-likeness (QED) is 0.609. The molecule has 3 aromatic rings. The summed E-state index contributed by atoms with van der Waals surface area (Å²) in [7, 11) is 1.91. The third-order valence-corrected chi connectivity index (χ3v) is 2.40. The Kier molecular flexibility index (Phi) is 1.67. The van der Waals surface area contributed by atoms with Crippen LogP contribution >= 0.6 is 0 Å². The monoisotopic (exact) mass is 215 g/mol. The van der Waals surface area contributed by atoms with E-state index in [9.17, 15) is 0 Å². The first-order valence-electron chi connectivity index (χ1n) is 4.70. The highest BCUT2D eigenvalue weighted by Gasteiger charge is 2.12. The van der Waals surface area contributed by atoms with Crippen molar-refractivity contribution in [2.45, 2.75) is 0 Å². The summed E-state index contributed by atoms with van der Waals surface area (Å²) >= 11 is 0. The van der Waals surface area contributed by atoms with Gasteiger partial charge in [0.2, 0.25) is 5.95 Å². The molecule has 3 N–H and O–H groups in total. The standard InChI is InChI=1S/C9H9N7/c1-16-6-2-3-11-4-5(6)12-8(16)7-13-9(10)15-14-7/h2-4H,1H3,(H3,10,13,14,15). The first kappa shape index (κ1) is 8.84. The van der Waals surface area contributed by atoms with Crippen molar-refractivity contribution in [2.24, 2.45) is 7.05 Å². The Morgan fingerprint density at radius 2 is 2.25 bits per heavy atom. The molecule has 0 aliphatic carbocycles. The lowest BCUT2D eigenvalue weighted by atomic mass is 10.4. The van der Waals surface area contributed by atoms with Gasteiger partial charge in [-0.05, 0) is 6.07 Å². The number of pyridine rings is 1. The van der Waals surface area contributed by atoms with Crippen molar-refractivity contribution in [3.05, 3.63) is 18.5 Å². The number of nitrogens with two attached hydrogens (primary N) is 1. The lowest BCUT2D eigenvalue weighted by molar-refractivity contribution is 0.937. The first-order valence-corrected chi connectivity index (χ1v) is 4.70. The van der Waals surface area contributed by atoms with Gasteiger partial charge in [-0.2, -0.15) is 4.98 Å². The summed E-state index contributed by atoms with van der Waals surface area (Å²) in [5, 5.41) is 6.51. The lowest BCUT2D eigenvalue weighted by Gasteiger charge is -1.96. The normalized spacial score (nSPS) is 11.1. The average molecular weight is 215 g/mol. The molecular weight excluding hydrogens is 206 g/mol. The van der Waals surface area contributed by atoms with Gasteiger partial charge in [0.05, 0.1) is 11.7 Å². The van der Waals surface area contributed by atoms with E-state index < -0.39 is 0 Å². The zero-order valence-electron chi connectivity index (χ0n) is 8.55. The zero-order chi connectivity index (χ0) is 11.1. The van der Waals surface area contributed by atoms with Gasteiger partial charge in [-0.25, -0.2) is 4.98 Å². The minimum Gasteiger partial charge on any atom is -0.366 e. The number of aryl methyl sites for hydroxylation is 1. The van der Waals surface area contributed by atoms with Gasteiger partial charge in [0, 0.05) is 13.2 Å². The fourth-order valence-electron chi connectivity index (χ4n) is 1.64. The maximum Gasteiger partial charge on any atom is 0.239 e. The number of hydrogen-bond acceptors (Lipinski definition) is 5. The second-order valence-electron chi connectivity index (χ2n) is 3.40. The fraction of sp³-hybridized carbons (Fsp3) is 0.111. The molecule has 0 fully saturated rings. The maximum atomic E-state index is 5.46. The molecule has 0 unspecified atom stereocenters. The molecule has 80 valence electrons. The van der Waals surface area contributed by atoms with Gasteiger partial charge in [-0.1, -0.05) is 0 Å². The largest absolute Gasteiger partial charge is 0.366 e. The van der Waals surface area contributed by atoms with E-state index in [1.807, 2.05) is 17.7 Å². The smallest absolute Gasteiger partial charge is 0.239 e. The summed E-state index contributed by atoms with van der Waals surface area (Å²) in [4.78, 5) is 12.5. The summed E-state index contributed by atoms with van der Waals surface area (Å²) in [6, 6.07) is 1.89. The van der Waals surface area contributed by atoms with Gasteiger partial charge >= 0.3 is 0 Å². The molecule has 0 bridgehead atoms. The van der Waals surface area contributed by atoms with Crippen molar-refractivity contribution >= 4 is 17.0 Å². The van der Waals surface area contributed by atoms with E-state index in [1.54, 1.807) is 12.4 Å². The maximum absolute atomic E-state index is 5.46. The number of rotatable bonds is 1. The molecule has 0 aliphatic heterocycles. The molecule has 3 aromatic heterocycles. The van der Waals surface area contributed by atoms with E-state index >= 15 is 0 Å². The van der Waals surface area contributed by atoms with E-state index in [2.05, 4.69) is 25.1 Å². The summed E-state index contributed by atoms with van der Waals surface area (Å²) in [5.41, 5.74) is 7.26.